The fourth-order valence-electron chi connectivity index (χ4n) is 6.81. The molecule has 2 heterocycles. The Kier molecular flexibility index (Phi) is 5.78. The maximum Gasteiger partial charge on any atom is 0.0554 e. The predicted octanol–water partition coefficient (Wildman–Crippen LogP) is 11.6. The third-order valence-corrected chi connectivity index (χ3v) is 10.0. The summed E-state index contributed by atoms with van der Waals surface area (Å²) in [5.41, 5.74) is 7.25. The molecule has 44 heavy (non-hydrogen) atoms. The molecule has 1 aliphatic heterocycles. The average molecular weight is 581 g/mol. The van der Waals surface area contributed by atoms with Gasteiger partial charge in [0, 0.05) is 38.4 Å². The summed E-state index contributed by atoms with van der Waals surface area (Å²) in [5.74, 6) is 0. The summed E-state index contributed by atoms with van der Waals surface area (Å²) in [5, 5.41) is 12.4. The highest BCUT2D eigenvalue weighted by molar-refractivity contribution is 7.19. The van der Waals surface area contributed by atoms with Gasteiger partial charge in [-0.1, -0.05) is 103 Å². The number of hydrogen-bond donors (Lipinski definition) is 1. The van der Waals surface area contributed by atoms with E-state index in [0.29, 0.717) is 0 Å². The van der Waals surface area contributed by atoms with Crippen LogP contribution in [-0.2, 0) is 6.54 Å². The van der Waals surface area contributed by atoms with Crippen molar-refractivity contribution in [1.29, 1.82) is 0 Å². The molecule has 7 aromatic carbocycles. The van der Waals surface area contributed by atoms with E-state index >= 15 is 0 Å². The first-order chi connectivity index (χ1) is 21.8. The molecule has 0 bridgehead atoms. The van der Waals surface area contributed by atoms with Gasteiger partial charge in [0.15, 0.2) is 0 Å². The van der Waals surface area contributed by atoms with Crippen molar-refractivity contribution in [3.8, 4) is 11.1 Å². The van der Waals surface area contributed by atoms with Crippen molar-refractivity contribution in [3.05, 3.63) is 156 Å². The second-order valence-corrected chi connectivity index (χ2v) is 12.5. The summed E-state index contributed by atoms with van der Waals surface area (Å²) in [6.45, 7) is 0.868. The molecule has 0 radical (unpaired) electrons. The lowest BCUT2D eigenvalue weighted by Crippen LogP contribution is -2.11. The molecule has 0 fully saturated rings. The Balaban J connectivity index is 1.28. The number of benzene rings is 7. The first-order valence-corrected chi connectivity index (χ1v) is 15.9. The summed E-state index contributed by atoms with van der Waals surface area (Å²) in [6.07, 6.45) is 4.31. The van der Waals surface area contributed by atoms with E-state index in [9.17, 15) is 0 Å². The molecule has 0 amide bonds. The zero-order valence-electron chi connectivity index (χ0n) is 24.0. The van der Waals surface area contributed by atoms with Gasteiger partial charge in [-0.2, -0.15) is 0 Å². The lowest BCUT2D eigenvalue weighted by molar-refractivity contribution is 0.878. The number of fused-ring (bicyclic) bond motifs is 8. The monoisotopic (exact) mass is 580 g/mol. The summed E-state index contributed by atoms with van der Waals surface area (Å²) >= 11 is 1.89. The van der Waals surface area contributed by atoms with Crippen LogP contribution in [0.3, 0.4) is 0 Å². The molecule has 0 saturated heterocycles. The minimum atomic E-state index is 0.868. The van der Waals surface area contributed by atoms with Gasteiger partial charge in [0.25, 0.3) is 0 Å². The van der Waals surface area contributed by atoms with E-state index in [1.54, 1.807) is 0 Å². The fraction of sp³-hybridized carbons (Fsp3) is 0.0244. The summed E-state index contributed by atoms with van der Waals surface area (Å²) < 4.78 is 1.31. The van der Waals surface area contributed by atoms with Crippen molar-refractivity contribution in [2.24, 2.45) is 0 Å². The van der Waals surface area contributed by atoms with Gasteiger partial charge < -0.3 is 10.2 Å². The Bertz CT molecular complexity index is 2380. The lowest BCUT2D eigenvalue weighted by atomic mass is 9.96. The Morgan fingerprint density at radius 3 is 2.16 bits per heavy atom. The Morgan fingerprint density at radius 1 is 0.545 bits per heavy atom. The van der Waals surface area contributed by atoms with Crippen molar-refractivity contribution in [1.82, 2.24) is 5.32 Å². The zero-order chi connectivity index (χ0) is 29.0. The van der Waals surface area contributed by atoms with Gasteiger partial charge in [-0.05, 0) is 92.1 Å². The molecule has 1 aromatic heterocycles. The maximum absolute atomic E-state index is 3.40. The van der Waals surface area contributed by atoms with Crippen molar-refractivity contribution in [2.45, 2.75) is 6.54 Å². The Labute approximate surface area is 260 Å². The van der Waals surface area contributed by atoms with Crippen LogP contribution >= 0.6 is 11.3 Å². The van der Waals surface area contributed by atoms with Crippen molar-refractivity contribution in [2.75, 3.05) is 4.90 Å². The van der Waals surface area contributed by atoms with Gasteiger partial charge in [-0.3, -0.25) is 0 Å². The summed E-state index contributed by atoms with van der Waals surface area (Å²) in [4.78, 5) is 3.82. The molecule has 0 spiro atoms. The van der Waals surface area contributed by atoms with Gasteiger partial charge in [0.1, 0.15) is 0 Å². The topological polar surface area (TPSA) is 15.3 Å². The van der Waals surface area contributed by atoms with Gasteiger partial charge in [0.05, 0.1) is 5.69 Å². The van der Waals surface area contributed by atoms with E-state index in [1.807, 2.05) is 11.3 Å². The second-order valence-electron chi connectivity index (χ2n) is 11.4. The predicted molar refractivity (Wildman–Crippen MR) is 190 cm³/mol. The Morgan fingerprint density at radius 2 is 1.27 bits per heavy atom. The molecule has 2 nitrogen and oxygen atoms in total. The minimum absolute atomic E-state index is 0.868. The van der Waals surface area contributed by atoms with Crippen molar-refractivity contribution in [3.63, 3.8) is 0 Å². The summed E-state index contributed by atoms with van der Waals surface area (Å²) in [6, 6.07) is 51.0. The molecule has 1 N–H and O–H groups in total. The van der Waals surface area contributed by atoms with Crippen molar-refractivity contribution >= 4 is 76.9 Å². The number of nitrogens with one attached hydrogen (secondary N) is 1. The molecule has 0 aliphatic carbocycles. The van der Waals surface area contributed by atoms with E-state index in [1.165, 1.54) is 69.7 Å². The van der Waals surface area contributed by atoms with Gasteiger partial charge >= 0.3 is 0 Å². The van der Waals surface area contributed by atoms with Crippen LogP contribution in [0.1, 0.15) is 10.4 Å². The highest BCUT2D eigenvalue weighted by Crippen LogP contribution is 2.46. The molecule has 208 valence electrons. The molecule has 0 saturated carbocycles. The Hall–Kier alpha value is -5.38. The van der Waals surface area contributed by atoms with Crippen LogP contribution in [-0.4, -0.2) is 0 Å². The first kappa shape index (κ1) is 25.1. The highest BCUT2D eigenvalue weighted by Gasteiger charge is 2.21. The number of thiophene rings is 1. The SMILES string of the molecule is C1=Cc2c(sc3cccc(N(c4ccc(-c5ccccc5)cc4)c4ccc5c(ccc6ccc7ccccc7c65)c4)c23)CN1. The van der Waals surface area contributed by atoms with Gasteiger partial charge in [-0.15, -0.1) is 11.3 Å². The number of hydrogen-bond acceptors (Lipinski definition) is 3. The smallest absolute Gasteiger partial charge is 0.0554 e. The fourth-order valence-corrected chi connectivity index (χ4v) is 7.98. The molecule has 1 aliphatic rings. The van der Waals surface area contributed by atoms with Crippen LogP contribution in [0.5, 0.6) is 0 Å². The number of anilines is 3. The second kappa shape index (κ2) is 10.1. The van der Waals surface area contributed by atoms with Crippen LogP contribution in [0.4, 0.5) is 17.1 Å². The zero-order valence-corrected chi connectivity index (χ0v) is 24.8. The molecule has 8 aromatic rings. The van der Waals surface area contributed by atoms with E-state index in [2.05, 4.69) is 162 Å². The first-order valence-electron chi connectivity index (χ1n) is 15.1. The average Bonchev–Trinajstić information content (AvgIpc) is 3.48. The van der Waals surface area contributed by atoms with Gasteiger partial charge in [-0.25, -0.2) is 0 Å². The molecular formula is C41H28N2S. The van der Waals surface area contributed by atoms with Crippen LogP contribution in [0.2, 0.25) is 0 Å². The minimum Gasteiger partial charge on any atom is -0.386 e. The number of rotatable bonds is 4. The molecule has 3 heteroatoms. The summed E-state index contributed by atoms with van der Waals surface area (Å²) in [7, 11) is 0. The maximum atomic E-state index is 3.40. The third kappa shape index (κ3) is 4.01. The van der Waals surface area contributed by atoms with Crippen LogP contribution in [0, 0.1) is 0 Å². The van der Waals surface area contributed by atoms with Crippen LogP contribution in [0.25, 0.3) is 59.6 Å². The number of nitrogens with zero attached hydrogens (tertiary/aromatic N) is 1. The van der Waals surface area contributed by atoms with E-state index in [4.69, 9.17) is 0 Å². The van der Waals surface area contributed by atoms with E-state index in [0.717, 1.165) is 17.9 Å². The van der Waals surface area contributed by atoms with E-state index in [-0.39, 0.29) is 0 Å². The molecule has 9 rings (SSSR count). The normalized spacial score (nSPS) is 12.5. The van der Waals surface area contributed by atoms with Crippen molar-refractivity contribution < 1.29 is 0 Å². The third-order valence-electron chi connectivity index (χ3n) is 8.88. The van der Waals surface area contributed by atoms with Crippen LogP contribution < -0.4 is 10.2 Å². The highest BCUT2D eigenvalue weighted by atomic mass is 32.1. The van der Waals surface area contributed by atoms with Crippen LogP contribution in [0.15, 0.2) is 146 Å². The standard InChI is InChI=1S/C41H28N2S/c1-2-7-27(8-3-1)28-17-19-32(20-18-28)43(37-11-6-12-38-41(37)36-23-24-42-26-39(36)44-38)33-21-22-35-31(25-33)16-15-30-14-13-29-9-4-5-10-34(29)40(30)35/h1-25,42H,26H2. The largest absolute Gasteiger partial charge is 0.386 e. The molecule has 0 unspecified atom stereocenters. The molecule has 0 atom stereocenters. The lowest BCUT2D eigenvalue weighted by Gasteiger charge is -2.27. The quantitative estimate of drug-likeness (QED) is 0.208. The van der Waals surface area contributed by atoms with E-state index < -0.39 is 0 Å². The molecular weight excluding hydrogens is 553 g/mol. The van der Waals surface area contributed by atoms with Gasteiger partial charge in [0.2, 0.25) is 0 Å².